The van der Waals surface area contributed by atoms with Gasteiger partial charge in [0.1, 0.15) is 5.69 Å². The Kier molecular flexibility index (Phi) is 5.16. The Labute approximate surface area is 153 Å². The molecule has 1 aliphatic rings. The third kappa shape index (κ3) is 3.99. The Morgan fingerprint density at radius 3 is 2.35 bits per heavy atom. The largest absolute Gasteiger partial charge is 0.339 e. The van der Waals surface area contributed by atoms with Gasteiger partial charge in [-0.05, 0) is 43.2 Å². The van der Waals surface area contributed by atoms with Crippen molar-refractivity contribution in [1.29, 1.82) is 0 Å². The van der Waals surface area contributed by atoms with E-state index in [1.54, 1.807) is 29.0 Å². The first-order valence-electron chi connectivity index (χ1n) is 8.66. The smallest absolute Gasteiger partial charge is 0.272 e. The van der Waals surface area contributed by atoms with Gasteiger partial charge in [-0.1, -0.05) is 6.07 Å². The third-order valence-electron chi connectivity index (χ3n) is 4.65. The molecule has 0 atom stereocenters. The molecule has 2 amide bonds. The maximum absolute atomic E-state index is 12.7. The summed E-state index contributed by atoms with van der Waals surface area (Å²) in [5, 5.41) is 3.15. The van der Waals surface area contributed by atoms with Crippen molar-refractivity contribution in [3.8, 4) is 0 Å². The number of anilines is 2. The molecular weight excluding hydrogens is 330 g/mol. The molecule has 1 fully saturated rings. The van der Waals surface area contributed by atoms with Gasteiger partial charge in [-0.25, -0.2) is 9.97 Å². The molecule has 2 heterocycles. The summed E-state index contributed by atoms with van der Waals surface area (Å²) in [4.78, 5) is 36.1. The SMILES string of the molecule is CC(=O)N1CCN(C(=O)c2ccnc(Nc3ccc(C)c(C)c3)n2)CC1. The topological polar surface area (TPSA) is 78.4 Å². The number of piperazine rings is 1. The number of rotatable bonds is 3. The van der Waals surface area contributed by atoms with Gasteiger partial charge in [-0.3, -0.25) is 9.59 Å². The number of benzene rings is 1. The summed E-state index contributed by atoms with van der Waals surface area (Å²) in [5.74, 6) is 0.291. The molecule has 1 aliphatic heterocycles. The molecule has 1 N–H and O–H groups in total. The second kappa shape index (κ2) is 7.51. The minimum Gasteiger partial charge on any atom is -0.339 e. The van der Waals surface area contributed by atoms with E-state index in [0.29, 0.717) is 37.8 Å². The number of nitrogens with one attached hydrogen (secondary N) is 1. The average Bonchev–Trinajstić information content (AvgIpc) is 2.64. The van der Waals surface area contributed by atoms with Crippen molar-refractivity contribution >= 4 is 23.5 Å². The molecule has 1 saturated heterocycles. The molecular formula is C19H23N5O2. The van der Waals surface area contributed by atoms with Gasteiger partial charge in [0.15, 0.2) is 0 Å². The van der Waals surface area contributed by atoms with E-state index in [2.05, 4.69) is 22.2 Å². The molecule has 0 bridgehead atoms. The summed E-state index contributed by atoms with van der Waals surface area (Å²) in [6, 6.07) is 7.63. The monoisotopic (exact) mass is 353 g/mol. The van der Waals surface area contributed by atoms with Crippen molar-refractivity contribution < 1.29 is 9.59 Å². The molecule has 7 nitrogen and oxygen atoms in total. The van der Waals surface area contributed by atoms with Crippen LogP contribution < -0.4 is 5.32 Å². The summed E-state index contributed by atoms with van der Waals surface area (Å²) in [6.45, 7) is 7.79. The van der Waals surface area contributed by atoms with Crippen LogP contribution in [0.1, 0.15) is 28.5 Å². The van der Waals surface area contributed by atoms with E-state index in [1.165, 1.54) is 11.1 Å². The minimum atomic E-state index is -0.140. The second-order valence-corrected chi connectivity index (χ2v) is 6.49. The van der Waals surface area contributed by atoms with Crippen LogP contribution in [0.4, 0.5) is 11.6 Å². The summed E-state index contributed by atoms with van der Waals surface area (Å²) >= 11 is 0. The maximum Gasteiger partial charge on any atom is 0.272 e. The molecule has 3 rings (SSSR count). The van der Waals surface area contributed by atoms with Crippen LogP contribution in [-0.4, -0.2) is 57.8 Å². The van der Waals surface area contributed by atoms with Gasteiger partial charge in [0.05, 0.1) is 0 Å². The fourth-order valence-electron chi connectivity index (χ4n) is 2.87. The number of nitrogens with zero attached hydrogens (tertiary/aromatic N) is 4. The Hall–Kier alpha value is -2.96. The van der Waals surface area contributed by atoms with Crippen LogP contribution >= 0.6 is 0 Å². The standard InChI is InChI=1S/C19H23N5O2/c1-13-4-5-16(12-14(13)2)21-19-20-7-6-17(22-19)18(26)24-10-8-23(9-11-24)15(3)25/h4-7,12H,8-11H2,1-3H3,(H,20,21,22). The van der Waals surface area contributed by atoms with Gasteiger partial charge in [0.2, 0.25) is 11.9 Å². The highest BCUT2D eigenvalue weighted by Gasteiger charge is 2.24. The first kappa shape index (κ1) is 17.8. The molecule has 0 unspecified atom stereocenters. The zero-order valence-corrected chi connectivity index (χ0v) is 15.3. The summed E-state index contributed by atoms with van der Waals surface area (Å²) in [7, 11) is 0. The molecule has 0 aliphatic carbocycles. The van der Waals surface area contributed by atoms with Crippen LogP contribution in [0.2, 0.25) is 0 Å². The quantitative estimate of drug-likeness (QED) is 0.915. The van der Waals surface area contributed by atoms with Gasteiger partial charge in [-0.2, -0.15) is 0 Å². The normalized spacial score (nSPS) is 14.3. The molecule has 0 radical (unpaired) electrons. The van der Waals surface area contributed by atoms with E-state index in [9.17, 15) is 9.59 Å². The van der Waals surface area contributed by atoms with Crippen molar-refractivity contribution in [3.63, 3.8) is 0 Å². The summed E-state index contributed by atoms with van der Waals surface area (Å²) in [5.41, 5.74) is 3.62. The molecule has 26 heavy (non-hydrogen) atoms. The fraction of sp³-hybridized carbons (Fsp3) is 0.368. The number of hydrogen-bond acceptors (Lipinski definition) is 5. The highest BCUT2D eigenvalue weighted by Crippen LogP contribution is 2.17. The first-order valence-corrected chi connectivity index (χ1v) is 8.66. The van der Waals surface area contributed by atoms with E-state index in [1.807, 2.05) is 25.1 Å². The zero-order chi connectivity index (χ0) is 18.7. The number of amides is 2. The Morgan fingerprint density at radius 2 is 1.69 bits per heavy atom. The Balaban J connectivity index is 1.69. The van der Waals surface area contributed by atoms with Gasteiger partial charge >= 0.3 is 0 Å². The number of carbonyl (C=O) groups excluding carboxylic acids is 2. The van der Waals surface area contributed by atoms with E-state index < -0.39 is 0 Å². The molecule has 1 aromatic heterocycles. The van der Waals surface area contributed by atoms with Crippen LogP contribution in [0.25, 0.3) is 0 Å². The highest BCUT2D eigenvalue weighted by molar-refractivity contribution is 5.92. The van der Waals surface area contributed by atoms with Crippen LogP contribution in [0, 0.1) is 13.8 Å². The number of aryl methyl sites for hydroxylation is 2. The molecule has 0 spiro atoms. The van der Waals surface area contributed by atoms with E-state index in [4.69, 9.17) is 0 Å². The zero-order valence-electron chi connectivity index (χ0n) is 15.3. The van der Waals surface area contributed by atoms with Gasteiger partial charge < -0.3 is 15.1 Å². The summed E-state index contributed by atoms with van der Waals surface area (Å²) in [6.07, 6.45) is 1.58. The third-order valence-corrected chi connectivity index (χ3v) is 4.65. The lowest BCUT2D eigenvalue weighted by Gasteiger charge is -2.34. The van der Waals surface area contributed by atoms with Crippen LogP contribution in [0.5, 0.6) is 0 Å². The van der Waals surface area contributed by atoms with Crippen molar-refractivity contribution in [3.05, 3.63) is 47.3 Å². The lowest BCUT2D eigenvalue weighted by atomic mass is 10.1. The molecule has 7 heteroatoms. The van der Waals surface area contributed by atoms with Crippen molar-refractivity contribution in [2.24, 2.45) is 0 Å². The molecule has 0 saturated carbocycles. The van der Waals surface area contributed by atoms with Crippen molar-refractivity contribution in [1.82, 2.24) is 19.8 Å². The maximum atomic E-state index is 12.7. The van der Waals surface area contributed by atoms with E-state index in [0.717, 1.165) is 5.69 Å². The molecule has 2 aromatic rings. The molecule has 1 aromatic carbocycles. The van der Waals surface area contributed by atoms with Gasteiger partial charge in [0.25, 0.3) is 5.91 Å². The average molecular weight is 353 g/mol. The van der Waals surface area contributed by atoms with E-state index in [-0.39, 0.29) is 11.8 Å². The summed E-state index contributed by atoms with van der Waals surface area (Å²) < 4.78 is 0. The number of carbonyl (C=O) groups is 2. The number of aromatic nitrogens is 2. The second-order valence-electron chi connectivity index (χ2n) is 6.49. The Bertz CT molecular complexity index is 828. The van der Waals surface area contributed by atoms with E-state index >= 15 is 0 Å². The van der Waals surface area contributed by atoms with Crippen LogP contribution in [0.15, 0.2) is 30.5 Å². The van der Waals surface area contributed by atoms with Crippen LogP contribution in [-0.2, 0) is 4.79 Å². The lowest BCUT2D eigenvalue weighted by Crippen LogP contribution is -2.50. The van der Waals surface area contributed by atoms with Gasteiger partial charge in [-0.15, -0.1) is 0 Å². The lowest BCUT2D eigenvalue weighted by molar-refractivity contribution is -0.130. The van der Waals surface area contributed by atoms with Crippen LogP contribution in [0.3, 0.4) is 0 Å². The van der Waals surface area contributed by atoms with Gasteiger partial charge in [0, 0.05) is 45.0 Å². The molecule has 136 valence electrons. The fourth-order valence-corrected chi connectivity index (χ4v) is 2.87. The number of hydrogen-bond donors (Lipinski definition) is 1. The first-order chi connectivity index (χ1) is 12.4. The predicted octanol–water partition coefficient (Wildman–Crippen LogP) is 2.14. The Morgan fingerprint density at radius 1 is 1.00 bits per heavy atom. The minimum absolute atomic E-state index is 0.0408. The van der Waals surface area contributed by atoms with Crippen molar-refractivity contribution in [2.75, 3.05) is 31.5 Å². The predicted molar refractivity (Wildman–Crippen MR) is 99.4 cm³/mol. The highest BCUT2D eigenvalue weighted by atomic mass is 16.2. The van der Waals surface area contributed by atoms with Crippen molar-refractivity contribution in [2.45, 2.75) is 20.8 Å².